The first-order valence-corrected chi connectivity index (χ1v) is 5.67. The number of piperazine rings is 1. The highest BCUT2D eigenvalue weighted by Gasteiger charge is 2.28. The standard InChI is InChI=1S/C10H20N4O2/c1-2-8-10(16)13-5-6-14(8)7-9(15)12-4-3-11/h8H,2-7,11H2,1H3,(H,12,15)(H,13,16). The Labute approximate surface area is 95.5 Å². The molecule has 1 atom stereocenters. The van der Waals surface area contributed by atoms with Gasteiger partial charge >= 0.3 is 0 Å². The smallest absolute Gasteiger partial charge is 0.237 e. The lowest BCUT2D eigenvalue weighted by molar-refractivity contribution is -0.131. The van der Waals surface area contributed by atoms with Crippen LogP contribution >= 0.6 is 0 Å². The molecule has 6 nitrogen and oxygen atoms in total. The summed E-state index contributed by atoms with van der Waals surface area (Å²) in [6, 6.07) is -0.183. The van der Waals surface area contributed by atoms with Crippen LogP contribution < -0.4 is 16.4 Å². The number of amides is 2. The zero-order valence-corrected chi connectivity index (χ0v) is 9.66. The van der Waals surface area contributed by atoms with Gasteiger partial charge in [-0.1, -0.05) is 6.92 Å². The fourth-order valence-corrected chi connectivity index (χ4v) is 1.85. The van der Waals surface area contributed by atoms with Gasteiger partial charge in [0, 0.05) is 26.2 Å². The first kappa shape index (κ1) is 12.9. The second-order valence-electron chi connectivity index (χ2n) is 3.82. The summed E-state index contributed by atoms with van der Waals surface area (Å²) in [6.45, 7) is 4.46. The van der Waals surface area contributed by atoms with Gasteiger partial charge in [0.05, 0.1) is 12.6 Å². The second kappa shape index (κ2) is 6.44. The van der Waals surface area contributed by atoms with Crippen molar-refractivity contribution in [3.05, 3.63) is 0 Å². The molecule has 0 saturated carbocycles. The number of nitrogens with zero attached hydrogens (tertiary/aromatic N) is 1. The topological polar surface area (TPSA) is 87.5 Å². The molecule has 1 fully saturated rings. The highest BCUT2D eigenvalue weighted by molar-refractivity contribution is 5.84. The van der Waals surface area contributed by atoms with E-state index in [1.807, 2.05) is 11.8 Å². The van der Waals surface area contributed by atoms with Gasteiger partial charge in [0.1, 0.15) is 0 Å². The predicted octanol–water partition coefficient (Wildman–Crippen LogP) is -1.73. The van der Waals surface area contributed by atoms with Crippen LogP contribution in [0.2, 0.25) is 0 Å². The molecule has 1 unspecified atom stereocenters. The lowest BCUT2D eigenvalue weighted by atomic mass is 10.1. The summed E-state index contributed by atoms with van der Waals surface area (Å²) in [7, 11) is 0. The summed E-state index contributed by atoms with van der Waals surface area (Å²) in [5.74, 6) is -0.0565. The summed E-state index contributed by atoms with van der Waals surface area (Å²) >= 11 is 0. The Morgan fingerprint density at radius 3 is 3.06 bits per heavy atom. The first-order chi connectivity index (χ1) is 7.69. The lowest BCUT2D eigenvalue weighted by Crippen LogP contribution is -2.57. The molecule has 0 radical (unpaired) electrons. The van der Waals surface area contributed by atoms with E-state index in [4.69, 9.17) is 5.73 Å². The molecular weight excluding hydrogens is 208 g/mol. The molecule has 1 heterocycles. The minimum absolute atomic E-state index is 0.0142. The van der Waals surface area contributed by atoms with E-state index in [0.717, 1.165) is 13.0 Å². The molecular formula is C10H20N4O2. The molecule has 16 heavy (non-hydrogen) atoms. The fraction of sp³-hybridized carbons (Fsp3) is 0.800. The van der Waals surface area contributed by atoms with Crippen molar-refractivity contribution in [1.29, 1.82) is 0 Å². The molecule has 4 N–H and O–H groups in total. The molecule has 1 rings (SSSR count). The first-order valence-electron chi connectivity index (χ1n) is 5.67. The zero-order chi connectivity index (χ0) is 12.0. The van der Waals surface area contributed by atoms with Crippen LogP contribution in [0.4, 0.5) is 0 Å². The van der Waals surface area contributed by atoms with Crippen LogP contribution in [0.15, 0.2) is 0 Å². The van der Waals surface area contributed by atoms with Crippen molar-refractivity contribution in [3.63, 3.8) is 0 Å². The van der Waals surface area contributed by atoms with E-state index in [1.165, 1.54) is 0 Å². The average molecular weight is 228 g/mol. The van der Waals surface area contributed by atoms with Crippen molar-refractivity contribution in [3.8, 4) is 0 Å². The number of carbonyl (C=O) groups is 2. The number of carbonyl (C=O) groups excluding carboxylic acids is 2. The molecule has 0 aromatic rings. The monoisotopic (exact) mass is 228 g/mol. The second-order valence-corrected chi connectivity index (χ2v) is 3.82. The van der Waals surface area contributed by atoms with Crippen molar-refractivity contribution in [2.24, 2.45) is 5.73 Å². The summed E-state index contributed by atoms with van der Waals surface area (Å²) in [5.41, 5.74) is 5.29. The average Bonchev–Trinajstić information content (AvgIpc) is 2.27. The summed E-state index contributed by atoms with van der Waals surface area (Å²) in [5, 5.41) is 5.50. The van der Waals surface area contributed by atoms with E-state index in [0.29, 0.717) is 19.6 Å². The molecule has 2 amide bonds. The van der Waals surface area contributed by atoms with Crippen molar-refractivity contribution in [2.45, 2.75) is 19.4 Å². The Bertz CT molecular complexity index is 257. The Hall–Kier alpha value is -1.14. The third-order valence-corrected chi connectivity index (χ3v) is 2.64. The SMILES string of the molecule is CCC1C(=O)NCCN1CC(=O)NCCN. The van der Waals surface area contributed by atoms with E-state index >= 15 is 0 Å². The maximum absolute atomic E-state index is 11.5. The van der Waals surface area contributed by atoms with Crippen LogP contribution in [-0.4, -0.2) is 55.5 Å². The third-order valence-electron chi connectivity index (χ3n) is 2.64. The molecule has 1 saturated heterocycles. The van der Waals surface area contributed by atoms with E-state index in [1.54, 1.807) is 0 Å². The van der Waals surface area contributed by atoms with Gasteiger partial charge in [0.15, 0.2) is 0 Å². The quantitative estimate of drug-likeness (QED) is 0.522. The number of rotatable bonds is 5. The number of hydrogen-bond donors (Lipinski definition) is 3. The van der Waals surface area contributed by atoms with Crippen molar-refractivity contribution in [1.82, 2.24) is 15.5 Å². The van der Waals surface area contributed by atoms with Crippen LogP contribution in [0.25, 0.3) is 0 Å². The number of nitrogens with two attached hydrogens (primary N) is 1. The van der Waals surface area contributed by atoms with Gasteiger partial charge < -0.3 is 16.4 Å². The summed E-state index contributed by atoms with van der Waals surface area (Å²) in [4.78, 5) is 24.9. The lowest BCUT2D eigenvalue weighted by Gasteiger charge is -2.33. The fourth-order valence-electron chi connectivity index (χ4n) is 1.85. The van der Waals surface area contributed by atoms with Crippen LogP contribution in [0, 0.1) is 0 Å². The Balaban J connectivity index is 2.44. The normalized spacial score (nSPS) is 21.6. The zero-order valence-electron chi connectivity index (χ0n) is 9.66. The highest BCUT2D eigenvalue weighted by Crippen LogP contribution is 2.07. The van der Waals surface area contributed by atoms with Gasteiger partial charge in [-0.2, -0.15) is 0 Å². The molecule has 0 spiro atoms. The van der Waals surface area contributed by atoms with Gasteiger partial charge in [-0.05, 0) is 6.42 Å². The van der Waals surface area contributed by atoms with E-state index in [9.17, 15) is 9.59 Å². The number of nitrogens with one attached hydrogen (secondary N) is 2. The predicted molar refractivity (Wildman–Crippen MR) is 60.7 cm³/mol. The molecule has 1 aliphatic rings. The van der Waals surface area contributed by atoms with Crippen LogP contribution in [0.1, 0.15) is 13.3 Å². The molecule has 0 aromatic heterocycles. The molecule has 0 aliphatic carbocycles. The minimum Gasteiger partial charge on any atom is -0.354 e. The maximum Gasteiger partial charge on any atom is 0.237 e. The van der Waals surface area contributed by atoms with Crippen molar-refractivity contribution in [2.75, 3.05) is 32.7 Å². The van der Waals surface area contributed by atoms with Gasteiger partial charge in [0.25, 0.3) is 0 Å². The Morgan fingerprint density at radius 1 is 1.69 bits per heavy atom. The molecule has 0 bridgehead atoms. The molecule has 92 valence electrons. The highest BCUT2D eigenvalue weighted by atomic mass is 16.2. The number of hydrogen-bond acceptors (Lipinski definition) is 4. The Morgan fingerprint density at radius 2 is 2.44 bits per heavy atom. The van der Waals surface area contributed by atoms with Gasteiger partial charge in [-0.25, -0.2) is 0 Å². The Kier molecular flexibility index (Phi) is 5.21. The minimum atomic E-state index is -0.183. The largest absolute Gasteiger partial charge is 0.354 e. The van der Waals surface area contributed by atoms with E-state index < -0.39 is 0 Å². The van der Waals surface area contributed by atoms with Gasteiger partial charge in [0.2, 0.25) is 11.8 Å². The van der Waals surface area contributed by atoms with Crippen LogP contribution in [0.5, 0.6) is 0 Å². The van der Waals surface area contributed by atoms with E-state index in [-0.39, 0.29) is 24.4 Å². The maximum atomic E-state index is 11.5. The molecule has 1 aliphatic heterocycles. The van der Waals surface area contributed by atoms with Crippen LogP contribution in [-0.2, 0) is 9.59 Å². The van der Waals surface area contributed by atoms with Crippen LogP contribution in [0.3, 0.4) is 0 Å². The molecule has 6 heteroatoms. The van der Waals surface area contributed by atoms with Crippen molar-refractivity contribution >= 4 is 11.8 Å². The van der Waals surface area contributed by atoms with E-state index in [2.05, 4.69) is 10.6 Å². The van der Waals surface area contributed by atoms with Crippen molar-refractivity contribution < 1.29 is 9.59 Å². The summed E-state index contributed by atoms with van der Waals surface area (Å²) < 4.78 is 0. The van der Waals surface area contributed by atoms with Gasteiger partial charge in [-0.15, -0.1) is 0 Å². The molecule has 0 aromatic carbocycles. The third kappa shape index (κ3) is 3.46. The van der Waals surface area contributed by atoms with Gasteiger partial charge in [-0.3, -0.25) is 14.5 Å². The summed E-state index contributed by atoms with van der Waals surface area (Å²) in [6.07, 6.45) is 0.718.